The quantitative estimate of drug-likeness (QED) is 0.895. The summed E-state index contributed by atoms with van der Waals surface area (Å²) in [6.45, 7) is 7.38. The molecule has 0 bridgehead atoms. The van der Waals surface area contributed by atoms with Gasteiger partial charge in [-0.1, -0.05) is 32.9 Å². The first kappa shape index (κ1) is 12.6. The van der Waals surface area contributed by atoms with Gasteiger partial charge in [0.2, 0.25) is 0 Å². The van der Waals surface area contributed by atoms with Crippen LogP contribution in [0, 0.1) is 0 Å². The molecule has 0 atom stereocenters. The third-order valence-corrected chi connectivity index (χ3v) is 2.87. The van der Waals surface area contributed by atoms with Gasteiger partial charge in [-0.25, -0.2) is 9.97 Å². The topological polar surface area (TPSA) is 37.8 Å². The number of aromatic nitrogens is 2. The summed E-state index contributed by atoms with van der Waals surface area (Å²) in [5.74, 6) is 0. The predicted molar refractivity (Wildman–Crippen MR) is 74.5 cm³/mol. The van der Waals surface area contributed by atoms with E-state index in [1.807, 2.05) is 6.07 Å². The second kappa shape index (κ2) is 5.17. The first-order chi connectivity index (χ1) is 8.55. The summed E-state index contributed by atoms with van der Waals surface area (Å²) in [6.07, 6.45) is 3.33. The smallest absolute Gasteiger partial charge is 0.115 e. The van der Waals surface area contributed by atoms with Gasteiger partial charge in [0, 0.05) is 11.9 Å². The molecule has 1 aromatic carbocycles. The second-order valence-corrected chi connectivity index (χ2v) is 5.38. The summed E-state index contributed by atoms with van der Waals surface area (Å²) in [5, 5.41) is 3.35. The zero-order valence-corrected chi connectivity index (χ0v) is 11.1. The number of nitrogens with one attached hydrogen (secondary N) is 1. The van der Waals surface area contributed by atoms with Crippen molar-refractivity contribution >= 4 is 5.69 Å². The van der Waals surface area contributed by atoms with E-state index in [4.69, 9.17) is 0 Å². The van der Waals surface area contributed by atoms with E-state index >= 15 is 0 Å². The molecular formula is C15H19N3. The van der Waals surface area contributed by atoms with E-state index in [-0.39, 0.29) is 5.41 Å². The molecule has 3 nitrogen and oxygen atoms in total. The molecule has 2 rings (SSSR count). The van der Waals surface area contributed by atoms with Gasteiger partial charge in [-0.05, 0) is 29.2 Å². The van der Waals surface area contributed by atoms with Crippen LogP contribution in [0.1, 0.15) is 32.0 Å². The molecule has 3 heteroatoms. The zero-order chi connectivity index (χ0) is 13.0. The van der Waals surface area contributed by atoms with Crippen LogP contribution in [0.15, 0.2) is 42.9 Å². The van der Waals surface area contributed by atoms with Crippen molar-refractivity contribution in [3.63, 3.8) is 0 Å². The van der Waals surface area contributed by atoms with Crippen LogP contribution >= 0.6 is 0 Å². The van der Waals surface area contributed by atoms with Crippen molar-refractivity contribution in [3.8, 4) is 0 Å². The molecule has 2 aromatic rings. The lowest BCUT2D eigenvalue weighted by Gasteiger charge is -2.19. The Morgan fingerprint density at radius 2 is 1.78 bits per heavy atom. The lowest BCUT2D eigenvalue weighted by Crippen LogP contribution is -2.10. The number of rotatable bonds is 3. The maximum Gasteiger partial charge on any atom is 0.115 e. The average molecular weight is 241 g/mol. The van der Waals surface area contributed by atoms with Crippen molar-refractivity contribution in [2.45, 2.75) is 32.7 Å². The van der Waals surface area contributed by atoms with Gasteiger partial charge in [0.25, 0.3) is 0 Å². The highest BCUT2D eigenvalue weighted by atomic mass is 14.9. The van der Waals surface area contributed by atoms with Gasteiger partial charge in [-0.15, -0.1) is 0 Å². The van der Waals surface area contributed by atoms with Crippen molar-refractivity contribution < 1.29 is 0 Å². The molecule has 0 aliphatic heterocycles. The SMILES string of the molecule is CC(C)(C)c1ccc(NCc2ccncn2)cc1. The van der Waals surface area contributed by atoms with Crippen molar-refractivity contribution in [3.05, 3.63) is 54.1 Å². The lowest BCUT2D eigenvalue weighted by atomic mass is 9.87. The molecule has 0 spiro atoms. The largest absolute Gasteiger partial charge is 0.379 e. The molecule has 1 aromatic heterocycles. The van der Waals surface area contributed by atoms with Crippen LogP contribution in [0.2, 0.25) is 0 Å². The Balaban J connectivity index is 1.99. The van der Waals surface area contributed by atoms with Gasteiger partial charge in [0.1, 0.15) is 6.33 Å². The fourth-order valence-corrected chi connectivity index (χ4v) is 1.70. The first-order valence-corrected chi connectivity index (χ1v) is 6.15. The molecular weight excluding hydrogens is 222 g/mol. The normalized spacial score (nSPS) is 11.3. The minimum Gasteiger partial charge on any atom is -0.379 e. The molecule has 0 aliphatic rings. The molecule has 94 valence electrons. The van der Waals surface area contributed by atoms with Crippen LogP contribution in [0.3, 0.4) is 0 Å². The van der Waals surface area contributed by atoms with Gasteiger partial charge in [-0.2, -0.15) is 0 Å². The standard InChI is InChI=1S/C15H19N3/c1-15(2,3)12-4-6-13(7-5-12)17-10-14-8-9-16-11-18-14/h4-9,11,17H,10H2,1-3H3. The molecule has 1 N–H and O–H groups in total. The van der Waals surface area contributed by atoms with E-state index in [0.29, 0.717) is 0 Å². The van der Waals surface area contributed by atoms with Crippen LogP contribution in [-0.4, -0.2) is 9.97 Å². The Kier molecular flexibility index (Phi) is 3.60. The van der Waals surface area contributed by atoms with E-state index in [1.54, 1.807) is 12.5 Å². The fourth-order valence-electron chi connectivity index (χ4n) is 1.70. The molecule has 0 amide bonds. The Bertz CT molecular complexity index is 483. The van der Waals surface area contributed by atoms with Gasteiger partial charge in [0.15, 0.2) is 0 Å². The van der Waals surface area contributed by atoms with Crippen molar-refractivity contribution in [1.29, 1.82) is 0 Å². The number of nitrogens with zero attached hydrogens (tertiary/aromatic N) is 2. The van der Waals surface area contributed by atoms with Crippen LogP contribution in [-0.2, 0) is 12.0 Å². The minimum atomic E-state index is 0.200. The lowest BCUT2D eigenvalue weighted by molar-refractivity contribution is 0.590. The van der Waals surface area contributed by atoms with E-state index in [9.17, 15) is 0 Å². The van der Waals surface area contributed by atoms with Crippen LogP contribution in [0.5, 0.6) is 0 Å². The maximum atomic E-state index is 4.18. The van der Waals surface area contributed by atoms with Crippen LogP contribution in [0.4, 0.5) is 5.69 Å². The van der Waals surface area contributed by atoms with E-state index < -0.39 is 0 Å². The molecule has 0 fully saturated rings. The molecule has 0 radical (unpaired) electrons. The highest BCUT2D eigenvalue weighted by Crippen LogP contribution is 2.23. The summed E-state index contributed by atoms with van der Waals surface area (Å²) in [4.78, 5) is 8.08. The highest BCUT2D eigenvalue weighted by molar-refractivity contribution is 5.45. The van der Waals surface area contributed by atoms with Crippen molar-refractivity contribution in [2.75, 3.05) is 5.32 Å². The maximum absolute atomic E-state index is 4.18. The Morgan fingerprint density at radius 3 is 2.33 bits per heavy atom. The summed E-state index contributed by atoms with van der Waals surface area (Å²) >= 11 is 0. The number of benzene rings is 1. The third-order valence-electron chi connectivity index (χ3n) is 2.87. The summed E-state index contributed by atoms with van der Waals surface area (Å²) in [7, 11) is 0. The monoisotopic (exact) mass is 241 g/mol. The van der Waals surface area contributed by atoms with E-state index in [1.165, 1.54) is 5.56 Å². The molecule has 18 heavy (non-hydrogen) atoms. The van der Waals surface area contributed by atoms with Gasteiger partial charge < -0.3 is 5.32 Å². The fraction of sp³-hybridized carbons (Fsp3) is 0.333. The van der Waals surface area contributed by atoms with Gasteiger partial charge in [-0.3, -0.25) is 0 Å². The van der Waals surface area contributed by atoms with Crippen LogP contribution in [0.25, 0.3) is 0 Å². The van der Waals surface area contributed by atoms with Crippen molar-refractivity contribution in [1.82, 2.24) is 9.97 Å². The first-order valence-electron chi connectivity index (χ1n) is 6.15. The predicted octanol–water partition coefficient (Wildman–Crippen LogP) is 3.39. The summed E-state index contributed by atoms with van der Waals surface area (Å²) in [6, 6.07) is 10.5. The van der Waals surface area contributed by atoms with E-state index in [2.05, 4.69) is 60.3 Å². The molecule has 0 saturated carbocycles. The summed E-state index contributed by atoms with van der Waals surface area (Å²) in [5.41, 5.74) is 3.65. The summed E-state index contributed by atoms with van der Waals surface area (Å²) < 4.78 is 0. The number of anilines is 1. The molecule has 0 saturated heterocycles. The Morgan fingerprint density at radius 1 is 1.06 bits per heavy atom. The second-order valence-electron chi connectivity index (χ2n) is 5.38. The Hall–Kier alpha value is -1.90. The molecule has 0 unspecified atom stereocenters. The number of hydrogen-bond donors (Lipinski definition) is 1. The van der Waals surface area contributed by atoms with E-state index in [0.717, 1.165) is 17.9 Å². The van der Waals surface area contributed by atoms with Gasteiger partial charge >= 0.3 is 0 Å². The molecule has 1 heterocycles. The van der Waals surface area contributed by atoms with Crippen molar-refractivity contribution in [2.24, 2.45) is 0 Å². The minimum absolute atomic E-state index is 0.200. The Labute approximate surface area is 108 Å². The van der Waals surface area contributed by atoms with Crippen LogP contribution < -0.4 is 5.32 Å². The average Bonchev–Trinajstić information content (AvgIpc) is 2.37. The third kappa shape index (κ3) is 3.29. The molecule has 0 aliphatic carbocycles. The van der Waals surface area contributed by atoms with Gasteiger partial charge in [0.05, 0.1) is 12.2 Å². The zero-order valence-electron chi connectivity index (χ0n) is 11.1. The highest BCUT2D eigenvalue weighted by Gasteiger charge is 2.12. The number of hydrogen-bond acceptors (Lipinski definition) is 3.